The summed E-state index contributed by atoms with van der Waals surface area (Å²) < 4.78 is 7.45. The molecule has 18 heavy (non-hydrogen) atoms. The van der Waals surface area contributed by atoms with E-state index in [-0.39, 0.29) is 0 Å². The Kier molecular flexibility index (Phi) is 4.72. The summed E-state index contributed by atoms with van der Waals surface area (Å²) in [7, 11) is 1.91. The molecule has 1 aromatic rings. The van der Waals surface area contributed by atoms with E-state index in [1.165, 1.54) is 0 Å². The summed E-state index contributed by atoms with van der Waals surface area (Å²) >= 11 is 0. The number of ether oxygens (including phenoxy) is 1. The van der Waals surface area contributed by atoms with Gasteiger partial charge in [-0.15, -0.1) is 5.10 Å². The van der Waals surface area contributed by atoms with E-state index in [1.807, 2.05) is 13.2 Å². The zero-order chi connectivity index (χ0) is 13.0. The van der Waals surface area contributed by atoms with Gasteiger partial charge in [-0.2, -0.15) is 0 Å². The molecule has 102 valence electrons. The lowest BCUT2D eigenvalue weighted by Gasteiger charge is -2.22. The molecule has 0 amide bonds. The first-order valence-corrected chi connectivity index (χ1v) is 6.89. The van der Waals surface area contributed by atoms with Gasteiger partial charge in [-0.05, 0) is 26.3 Å². The molecule has 0 aromatic carbocycles. The maximum Gasteiger partial charge on any atom is 0.0842 e. The van der Waals surface area contributed by atoms with Crippen LogP contribution in [-0.4, -0.2) is 40.3 Å². The van der Waals surface area contributed by atoms with Crippen LogP contribution in [0.15, 0.2) is 6.20 Å². The Morgan fingerprint density at radius 1 is 1.61 bits per heavy atom. The monoisotopic (exact) mass is 252 g/mol. The molecule has 5 heteroatoms. The van der Waals surface area contributed by atoms with Crippen molar-refractivity contribution in [2.45, 2.75) is 45.3 Å². The third kappa shape index (κ3) is 3.53. The molecule has 1 fully saturated rings. The Bertz CT molecular complexity index is 366. The smallest absolute Gasteiger partial charge is 0.0842 e. The van der Waals surface area contributed by atoms with Gasteiger partial charge in [0.25, 0.3) is 0 Å². The van der Waals surface area contributed by atoms with Crippen molar-refractivity contribution in [2.75, 3.05) is 13.2 Å². The number of hydrogen-bond donors (Lipinski definition) is 1. The molecule has 1 N–H and O–H groups in total. The number of nitrogens with one attached hydrogen (secondary N) is 1. The van der Waals surface area contributed by atoms with Crippen LogP contribution in [0.2, 0.25) is 0 Å². The van der Waals surface area contributed by atoms with Crippen molar-refractivity contribution in [1.82, 2.24) is 20.3 Å². The van der Waals surface area contributed by atoms with Gasteiger partial charge in [-0.3, -0.25) is 4.68 Å². The van der Waals surface area contributed by atoms with Gasteiger partial charge in [0.05, 0.1) is 18.4 Å². The Morgan fingerprint density at radius 2 is 2.44 bits per heavy atom. The summed E-state index contributed by atoms with van der Waals surface area (Å²) in [5, 5.41) is 11.8. The molecule has 1 saturated heterocycles. The van der Waals surface area contributed by atoms with Crippen LogP contribution in [0.5, 0.6) is 0 Å². The van der Waals surface area contributed by atoms with Crippen LogP contribution in [0.3, 0.4) is 0 Å². The molecule has 0 bridgehead atoms. The highest BCUT2D eigenvalue weighted by atomic mass is 16.5. The van der Waals surface area contributed by atoms with E-state index in [9.17, 15) is 0 Å². The van der Waals surface area contributed by atoms with Gasteiger partial charge in [0.15, 0.2) is 0 Å². The first kappa shape index (κ1) is 13.5. The summed E-state index contributed by atoms with van der Waals surface area (Å²) in [5.74, 6) is 0.591. The zero-order valence-electron chi connectivity index (χ0n) is 11.6. The minimum Gasteiger partial charge on any atom is -0.378 e. The van der Waals surface area contributed by atoms with Gasteiger partial charge in [0.2, 0.25) is 0 Å². The number of aryl methyl sites for hydroxylation is 1. The fourth-order valence-corrected chi connectivity index (χ4v) is 2.58. The Balaban J connectivity index is 1.96. The molecular weight excluding hydrogens is 228 g/mol. The minimum atomic E-state index is 0.391. The molecule has 1 aliphatic heterocycles. The number of aromatic nitrogens is 3. The average molecular weight is 252 g/mol. The van der Waals surface area contributed by atoms with Gasteiger partial charge < -0.3 is 10.1 Å². The molecule has 0 aliphatic carbocycles. The summed E-state index contributed by atoms with van der Waals surface area (Å²) in [6.07, 6.45) is 5.62. The van der Waals surface area contributed by atoms with Crippen molar-refractivity contribution < 1.29 is 4.74 Å². The highest BCUT2D eigenvalue weighted by molar-refractivity contribution is 4.98. The molecule has 1 aromatic heterocycles. The van der Waals surface area contributed by atoms with Crippen molar-refractivity contribution in [2.24, 2.45) is 13.0 Å². The standard InChI is InChI=1S/C13H24N4O/c1-4-5-14-13(11-6-10(2)18-9-11)7-12-8-17(3)16-15-12/h8,10-11,13-14H,4-7,9H2,1-3H3. The predicted octanol–water partition coefficient (Wildman–Crippen LogP) is 1.15. The van der Waals surface area contributed by atoms with Crippen LogP contribution in [0, 0.1) is 5.92 Å². The molecule has 0 radical (unpaired) electrons. The van der Waals surface area contributed by atoms with E-state index >= 15 is 0 Å². The minimum absolute atomic E-state index is 0.391. The molecule has 2 heterocycles. The molecule has 0 saturated carbocycles. The van der Waals surface area contributed by atoms with Crippen molar-refractivity contribution in [1.29, 1.82) is 0 Å². The third-order valence-electron chi connectivity index (χ3n) is 3.53. The quantitative estimate of drug-likeness (QED) is 0.825. The average Bonchev–Trinajstić information content (AvgIpc) is 2.93. The van der Waals surface area contributed by atoms with Crippen molar-refractivity contribution >= 4 is 0 Å². The van der Waals surface area contributed by atoms with Crippen LogP contribution >= 0.6 is 0 Å². The van der Waals surface area contributed by atoms with Crippen molar-refractivity contribution in [3.63, 3.8) is 0 Å². The van der Waals surface area contributed by atoms with Crippen LogP contribution in [0.1, 0.15) is 32.4 Å². The lowest BCUT2D eigenvalue weighted by molar-refractivity contribution is 0.116. The topological polar surface area (TPSA) is 52.0 Å². The van der Waals surface area contributed by atoms with E-state index in [2.05, 4.69) is 29.5 Å². The first-order valence-electron chi connectivity index (χ1n) is 6.89. The Labute approximate surface area is 109 Å². The highest BCUT2D eigenvalue weighted by Gasteiger charge is 2.29. The fraction of sp³-hybridized carbons (Fsp3) is 0.846. The second-order valence-corrected chi connectivity index (χ2v) is 5.29. The molecule has 2 rings (SSSR count). The van der Waals surface area contributed by atoms with Crippen LogP contribution < -0.4 is 5.32 Å². The second-order valence-electron chi connectivity index (χ2n) is 5.29. The fourth-order valence-electron chi connectivity index (χ4n) is 2.58. The third-order valence-corrected chi connectivity index (χ3v) is 3.53. The van der Waals surface area contributed by atoms with E-state index in [0.29, 0.717) is 18.1 Å². The van der Waals surface area contributed by atoms with Gasteiger partial charge in [0, 0.05) is 31.6 Å². The van der Waals surface area contributed by atoms with Crippen molar-refractivity contribution in [3.8, 4) is 0 Å². The van der Waals surface area contributed by atoms with Crippen LogP contribution in [0.4, 0.5) is 0 Å². The van der Waals surface area contributed by atoms with Gasteiger partial charge in [-0.25, -0.2) is 0 Å². The van der Waals surface area contributed by atoms with E-state index in [0.717, 1.165) is 38.1 Å². The van der Waals surface area contributed by atoms with Gasteiger partial charge >= 0.3 is 0 Å². The van der Waals surface area contributed by atoms with E-state index in [4.69, 9.17) is 4.74 Å². The summed E-state index contributed by atoms with van der Waals surface area (Å²) in [4.78, 5) is 0. The molecular formula is C13H24N4O. The molecule has 1 aliphatic rings. The summed E-state index contributed by atoms with van der Waals surface area (Å²) in [5.41, 5.74) is 1.06. The molecule has 3 atom stereocenters. The molecule has 3 unspecified atom stereocenters. The maximum absolute atomic E-state index is 5.69. The summed E-state index contributed by atoms with van der Waals surface area (Å²) in [6.45, 7) is 6.26. The largest absolute Gasteiger partial charge is 0.378 e. The number of nitrogens with zero attached hydrogens (tertiary/aromatic N) is 3. The normalized spacial score (nSPS) is 25.5. The SMILES string of the molecule is CCCNC(Cc1cn(C)nn1)C1COC(C)C1. The first-order chi connectivity index (χ1) is 8.69. The van der Waals surface area contributed by atoms with Crippen LogP contribution in [-0.2, 0) is 18.2 Å². The number of hydrogen-bond acceptors (Lipinski definition) is 4. The maximum atomic E-state index is 5.69. The van der Waals surface area contributed by atoms with E-state index in [1.54, 1.807) is 4.68 Å². The van der Waals surface area contributed by atoms with Gasteiger partial charge in [0.1, 0.15) is 0 Å². The summed E-state index contributed by atoms with van der Waals surface area (Å²) in [6, 6.07) is 0.451. The predicted molar refractivity (Wildman–Crippen MR) is 70.3 cm³/mol. The molecule has 5 nitrogen and oxygen atoms in total. The van der Waals surface area contributed by atoms with Crippen molar-refractivity contribution in [3.05, 3.63) is 11.9 Å². The van der Waals surface area contributed by atoms with Crippen LogP contribution in [0.25, 0.3) is 0 Å². The Hall–Kier alpha value is -0.940. The lowest BCUT2D eigenvalue weighted by Crippen LogP contribution is -2.39. The zero-order valence-corrected chi connectivity index (χ0v) is 11.6. The van der Waals surface area contributed by atoms with E-state index < -0.39 is 0 Å². The number of rotatable bonds is 6. The lowest BCUT2D eigenvalue weighted by atomic mass is 9.93. The Morgan fingerprint density at radius 3 is 3.00 bits per heavy atom. The second kappa shape index (κ2) is 6.29. The molecule has 0 spiro atoms. The van der Waals surface area contributed by atoms with Gasteiger partial charge in [-0.1, -0.05) is 12.1 Å². The highest BCUT2D eigenvalue weighted by Crippen LogP contribution is 2.24.